The van der Waals surface area contributed by atoms with Gasteiger partial charge in [0.05, 0.1) is 12.8 Å². The third kappa shape index (κ3) is 4.17. The summed E-state index contributed by atoms with van der Waals surface area (Å²) >= 11 is 0. The van der Waals surface area contributed by atoms with Gasteiger partial charge in [0.15, 0.2) is 0 Å². The molecular formula is C20H18FN3O4. The van der Waals surface area contributed by atoms with E-state index < -0.39 is 22.9 Å². The quantitative estimate of drug-likeness (QED) is 0.637. The van der Waals surface area contributed by atoms with Gasteiger partial charge in [-0.3, -0.25) is 14.8 Å². The first-order chi connectivity index (χ1) is 13.5. The number of aromatic hydroxyl groups is 1. The zero-order valence-electron chi connectivity index (χ0n) is 15.1. The van der Waals surface area contributed by atoms with Crippen LogP contribution in [0.1, 0.15) is 11.1 Å². The predicted molar refractivity (Wildman–Crippen MR) is 103 cm³/mol. The number of methoxy groups -OCH3 is 1. The molecule has 3 aromatic rings. The molecule has 2 aromatic carbocycles. The lowest BCUT2D eigenvalue weighted by Gasteiger charge is -2.09. The molecule has 1 heterocycles. The first-order valence-electron chi connectivity index (χ1n) is 8.46. The molecule has 0 spiro atoms. The van der Waals surface area contributed by atoms with E-state index in [0.29, 0.717) is 13.0 Å². The Morgan fingerprint density at radius 3 is 2.46 bits per heavy atom. The molecule has 3 rings (SSSR count). The summed E-state index contributed by atoms with van der Waals surface area (Å²) in [6, 6.07) is 12.4. The molecule has 28 heavy (non-hydrogen) atoms. The van der Waals surface area contributed by atoms with E-state index in [9.17, 15) is 19.1 Å². The van der Waals surface area contributed by atoms with Crippen molar-refractivity contribution in [3.63, 3.8) is 0 Å². The molecule has 0 fully saturated rings. The molecular weight excluding hydrogens is 365 g/mol. The molecule has 8 heteroatoms. The Kier molecular flexibility index (Phi) is 5.69. The lowest BCUT2D eigenvalue weighted by molar-refractivity contribution is 0.414. The number of aromatic amines is 1. The van der Waals surface area contributed by atoms with E-state index in [1.54, 1.807) is 7.11 Å². The van der Waals surface area contributed by atoms with Gasteiger partial charge < -0.3 is 9.84 Å². The Labute approximate surface area is 159 Å². The zero-order valence-corrected chi connectivity index (χ0v) is 15.1. The maximum absolute atomic E-state index is 13.1. The summed E-state index contributed by atoms with van der Waals surface area (Å²) in [6.07, 6.45) is 1.84. The lowest BCUT2D eigenvalue weighted by atomic mass is 10.1. The van der Waals surface area contributed by atoms with Gasteiger partial charge >= 0.3 is 5.69 Å². The summed E-state index contributed by atoms with van der Waals surface area (Å²) in [6.45, 7) is 0.376. The maximum Gasteiger partial charge on any atom is 0.335 e. The average molecular weight is 383 g/mol. The molecule has 2 N–H and O–H groups in total. The number of aliphatic imine (C=N–C) groups is 1. The standard InChI is InChI=1S/C20H18FN3O4/c1-28-16-8-2-13(3-9-16)10-11-22-12-17-18(25)23-20(27)24(19(17)26)15-6-4-14(21)5-7-15/h2-9,12,26H,10-11H2,1H3,(H,23,25,27). The Morgan fingerprint density at radius 1 is 1.14 bits per heavy atom. The third-order valence-electron chi connectivity index (χ3n) is 4.11. The van der Waals surface area contributed by atoms with Crippen molar-refractivity contribution in [1.82, 2.24) is 9.55 Å². The first kappa shape index (κ1) is 19.1. The normalized spacial score (nSPS) is 11.1. The van der Waals surface area contributed by atoms with Crippen LogP contribution < -0.4 is 16.0 Å². The summed E-state index contributed by atoms with van der Waals surface area (Å²) in [7, 11) is 1.59. The molecule has 0 unspecified atom stereocenters. The highest BCUT2D eigenvalue weighted by molar-refractivity contribution is 5.82. The van der Waals surface area contributed by atoms with Crippen LogP contribution in [0.2, 0.25) is 0 Å². The highest BCUT2D eigenvalue weighted by atomic mass is 19.1. The van der Waals surface area contributed by atoms with E-state index in [-0.39, 0.29) is 11.3 Å². The molecule has 0 aliphatic rings. The number of H-pyrrole nitrogens is 1. The average Bonchev–Trinajstić information content (AvgIpc) is 2.69. The Morgan fingerprint density at radius 2 is 1.82 bits per heavy atom. The van der Waals surface area contributed by atoms with Crippen molar-refractivity contribution in [2.45, 2.75) is 6.42 Å². The largest absolute Gasteiger partial charge is 0.497 e. The van der Waals surface area contributed by atoms with E-state index in [2.05, 4.69) is 9.98 Å². The molecule has 0 saturated carbocycles. The van der Waals surface area contributed by atoms with E-state index in [1.165, 1.54) is 18.3 Å². The van der Waals surface area contributed by atoms with Gasteiger partial charge in [0.2, 0.25) is 5.88 Å². The monoisotopic (exact) mass is 383 g/mol. The smallest absolute Gasteiger partial charge is 0.335 e. The molecule has 1 aromatic heterocycles. The van der Waals surface area contributed by atoms with Crippen LogP contribution in [0.4, 0.5) is 4.39 Å². The SMILES string of the molecule is COc1ccc(CCN=Cc2c(O)n(-c3ccc(F)cc3)c(=O)[nH]c2=O)cc1. The van der Waals surface area contributed by atoms with E-state index in [0.717, 1.165) is 28.0 Å². The predicted octanol–water partition coefficient (Wildman–Crippen LogP) is 2.04. The van der Waals surface area contributed by atoms with E-state index in [4.69, 9.17) is 4.74 Å². The maximum atomic E-state index is 13.1. The Balaban J connectivity index is 1.82. The number of aromatic nitrogens is 2. The van der Waals surface area contributed by atoms with Crippen molar-refractivity contribution < 1.29 is 14.2 Å². The number of benzene rings is 2. The van der Waals surface area contributed by atoms with Gasteiger partial charge in [-0.25, -0.2) is 13.8 Å². The molecule has 0 bridgehead atoms. The minimum atomic E-state index is -0.829. The second kappa shape index (κ2) is 8.34. The van der Waals surface area contributed by atoms with Gasteiger partial charge in [0.25, 0.3) is 5.56 Å². The first-order valence-corrected chi connectivity index (χ1v) is 8.46. The van der Waals surface area contributed by atoms with Crippen LogP contribution in [-0.2, 0) is 6.42 Å². The van der Waals surface area contributed by atoms with Crippen LogP contribution in [0.5, 0.6) is 11.6 Å². The Hall–Kier alpha value is -3.68. The van der Waals surface area contributed by atoms with Gasteiger partial charge in [0, 0.05) is 12.8 Å². The van der Waals surface area contributed by atoms with E-state index in [1.807, 2.05) is 24.3 Å². The molecule has 0 amide bonds. The zero-order chi connectivity index (χ0) is 20.1. The number of nitrogens with zero attached hydrogens (tertiary/aromatic N) is 2. The lowest BCUT2D eigenvalue weighted by Crippen LogP contribution is -2.31. The van der Waals surface area contributed by atoms with Crippen LogP contribution in [0.15, 0.2) is 63.1 Å². The summed E-state index contributed by atoms with van der Waals surface area (Å²) in [5, 5.41) is 10.4. The van der Waals surface area contributed by atoms with Crippen LogP contribution in [-0.4, -0.2) is 34.5 Å². The third-order valence-corrected chi connectivity index (χ3v) is 4.11. The van der Waals surface area contributed by atoms with Crippen molar-refractivity contribution in [3.05, 3.63) is 86.3 Å². The van der Waals surface area contributed by atoms with Gasteiger partial charge in [-0.2, -0.15) is 0 Å². The number of ether oxygens (including phenoxy) is 1. The fraction of sp³-hybridized carbons (Fsp3) is 0.150. The second-order valence-electron chi connectivity index (χ2n) is 5.94. The van der Waals surface area contributed by atoms with Crippen LogP contribution in [0.3, 0.4) is 0 Å². The summed E-state index contributed by atoms with van der Waals surface area (Å²) in [5.41, 5.74) is -0.488. The van der Waals surface area contributed by atoms with Crippen LogP contribution in [0, 0.1) is 5.82 Å². The number of rotatable bonds is 6. The highest BCUT2D eigenvalue weighted by Crippen LogP contribution is 2.16. The molecule has 0 aliphatic heterocycles. The van der Waals surface area contributed by atoms with Gasteiger partial charge in [-0.15, -0.1) is 0 Å². The fourth-order valence-corrected chi connectivity index (χ4v) is 2.63. The molecule has 0 aliphatic carbocycles. The fourth-order valence-electron chi connectivity index (χ4n) is 2.63. The molecule has 0 radical (unpaired) electrons. The van der Waals surface area contributed by atoms with Crippen molar-refractivity contribution in [2.24, 2.45) is 4.99 Å². The van der Waals surface area contributed by atoms with Crippen molar-refractivity contribution in [1.29, 1.82) is 0 Å². The number of hydrogen-bond donors (Lipinski definition) is 2. The van der Waals surface area contributed by atoms with Gasteiger partial charge in [0.1, 0.15) is 17.1 Å². The number of hydrogen-bond acceptors (Lipinski definition) is 5. The highest BCUT2D eigenvalue weighted by Gasteiger charge is 2.14. The molecule has 0 atom stereocenters. The van der Waals surface area contributed by atoms with Gasteiger partial charge in [-0.05, 0) is 48.4 Å². The summed E-state index contributed by atoms with van der Waals surface area (Å²) < 4.78 is 19.1. The Bertz CT molecular complexity index is 1100. The number of halogens is 1. The van der Waals surface area contributed by atoms with E-state index >= 15 is 0 Å². The van der Waals surface area contributed by atoms with Gasteiger partial charge in [-0.1, -0.05) is 12.1 Å². The number of nitrogens with one attached hydrogen (secondary N) is 1. The van der Waals surface area contributed by atoms with Crippen LogP contribution in [0.25, 0.3) is 5.69 Å². The summed E-state index contributed by atoms with van der Waals surface area (Å²) in [5.74, 6) is -0.290. The molecule has 0 saturated heterocycles. The molecule has 7 nitrogen and oxygen atoms in total. The topological polar surface area (TPSA) is 96.7 Å². The minimum Gasteiger partial charge on any atom is -0.497 e. The van der Waals surface area contributed by atoms with Crippen molar-refractivity contribution >= 4 is 6.21 Å². The van der Waals surface area contributed by atoms with Crippen LogP contribution >= 0.6 is 0 Å². The minimum absolute atomic E-state index is 0.154. The summed E-state index contributed by atoms with van der Waals surface area (Å²) in [4.78, 5) is 30.4. The van der Waals surface area contributed by atoms with Crippen molar-refractivity contribution in [3.8, 4) is 17.3 Å². The van der Waals surface area contributed by atoms with Crippen molar-refractivity contribution in [2.75, 3.05) is 13.7 Å². The second-order valence-corrected chi connectivity index (χ2v) is 5.94. The molecule has 144 valence electrons.